The SMILES string of the molecule is COc1cc(OC)c(/C=N\NC(=O)CNc2ccccc2)c(OC)c1. The number of methoxy groups -OCH3 is 3. The Morgan fingerprint density at radius 2 is 1.68 bits per heavy atom. The Morgan fingerprint density at radius 3 is 2.24 bits per heavy atom. The number of nitrogens with zero attached hydrogens (tertiary/aromatic N) is 1. The topological polar surface area (TPSA) is 81.2 Å². The van der Waals surface area contributed by atoms with E-state index in [1.54, 1.807) is 19.2 Å². The van der Waals surface area contributed by atoms with E-state index in [4.69, 9.17) is 14.2 Å². The first-order valence-corrected chi connectivity index (χ1v) is 7.58. The van der Waals surface area contributed by atoms with Crippen molar-refractivity contribution in [3.8, 4) is 17.2 Å². The minimum atomic E-state index is -0.272. The molecule has 0 fully saturated rings. The lowest BCUT2D eigenvalue weighted by Crippen LogP contribution is -2.25. The van der Waals surface area contributed by atoms with Gasteiger partial charge in [-0.05, 0) is 12.1 Å². The molecule has 0 atom stereocenters. The van der Waals surface area contributed by atoms with Crippen molar-refractivity contribution in [1.82, 2.24) is 5.43 Å². The lowest BCUT2D eigenvalue weighted by atomic mass is 10.2. The van der Waals surface area contributed by atoms with Crippen LogP contribution in [-0.2, 0) is 4.79 Å². The van der Waals surface area contributed by atoms with Crippen molar-refractivity contribution < 1.29 is 19.0 Å². The van der Waals surface area contributed by atoms with Crippen LogP contribution in [0.1, 0.15) is 5.56 Å². The van der Waals surface area contributed by atoms with Gasteiger partial charge in [0, 0.05) is 17.8 Å². The summed E-state index contributed by atoms with van der Waals surface area (Å²) in [7, 11) is 4.63. The molecule has 1 amide bonds. The highest BCUT2D eigenvalue weighted by atomic mass is 16.5. The Kier molecular flexibility index (Phi) is 6.65. The fraction of sp³-hybridized carbons (Fsp3) is 0.222. The number of benzene rings is 2. The minimum Gasteiger partial charge on any atom is -0.496 e. The highest BCUT2D eigenvalue weighted by Gasteiger charge is 2.11. The van der Waals surface area contributed by atoms with Crippen LogP contribution in [0.3, 0.4) is 0 Å². The molecule has 2 aromatic carbocycles. The standard InChI is InChI=1S/C18H21N3O4/c1-23-14-9-16(24-2)15(17(10-14)25-3)11-20-21-18(22)12-19-13-7-5-4-6-8-13/h4-11,19H,12H2,1-3H3,(H,21,22)/b20-11-. The smallest absolute Gasteiger partial charge is 0.259 e. The van der Waals surface area contributed by atoms with Gasteiger partial charge in [0.1, 0.15) is 17.2 Å². The summed E-state index contributed by atoms with van der Waals surface area (Å²) in [6, 6.07) is 12.9. The number of hydrogen-bond acceptors (Lipinski definition) is 6. The van der Waals surface area contributed by atoms with Crippen molar-refractivity contribution >= 4 is 17.8 Å². The van der Waals surface area contributed by atoms with Gasteiger partial charge in [-0.1, -0.05) is 18.2 Å². The molecule has 0 radical (unpaired) electrons. The van der Waals surface area contributed by atoms with Crippen molar-refractivity contribution in [2.75, 3.05) is 33.2 Å². The number of carbonyl (C=O) groups is 1. The zero-order valence-electron chi connectivity index (χ0n) is 14.4. The fourth-order valence-electron chi connectivity index (χ4n) is 2.11. The normalized spacial score (nSPS) is 10.4. The molecule has 0 saturated carbocycles. The third kappa shape index (κ3) is 5.13. The van der Waals surface area contributed by atoms with E-state index in [0.29, 0.717) is 22.8 Å². The van der Waals surface area contributed by atoms with E-state index in [2.05, 4.69) is 15.8 Å². The number of ether oxygens (including phenoxy) is 3. The van der Waals surface area contributed by atoms with Crippen molar-refractivity contribution in [3.05, 3.63) is 48.0 Å². The van der Waals surface area contributed by atoms with Crippen LogP contribution >= 0.6 is 0 Å². The molecule has 132 valence electrons. The molecule has 2 N–H and O–H groups in total. The Balaban J connectivity index is 2.00. The number of hydrogen-bond donors (Lipinski definition) is 2. The molecular formula is C18H21N3O4. The molecule has 2 aromatic rings. The predicted molar refractivity (Wildman–Crippen MR) is 96.8 cm³/mol. The van der Waals surface area contributed by atoms with Gasteiger partial charge in [0.25, 0.3) is 5.91 Å². The van der Waals surface area contributed by atoms with Crippen LogP contribution in [0.2, 0.25) is 0 Å². The van der Waals surface area contributed by atoms with Crippen molar-refractivity contribution in [2.24, 2.45) is 5.10 Å². The second-order valence-electron chi connectivity index (χ2n) is 4.96. The maximum Gasteiger partial charge on any atom is 0.259 e. The predicted octanol–water partition coefficient (Wildman–Crippen LogP) is 2.27. The van der Waals surface area contributed by atoms with Crippen LogP contribution in [0, 0.1) is 0 Å². The molecule has 0 aliphatic rings. The lowest BCUT2D eigenvalue weighted by Gasteiger charge is -2.12. The van der Waals surface area contributed by atoms with Crippen LogP contribution in [-0.4, -0.2) is 40.0 Å². The van der Waals surface area contributed by atoms with Crippen molar-refractivity contribution in [2.45, 2.75) is 0 Å². The number of amides is 1. The van der Waals surface area contributed by atoms with Gasteiger partial charge in [0.05, 0.1) is 39.7 Å². The van der Waals surface area contributed by atoms with Gasteiger partial charge in [-0.15, -0.1) is 0 Å². The lowest BCUT2D eigenvalue weighted by molar-refractivity contribution is -0.119. The second kappa shape index (κ2) is 9.17. The van der Waals surface area contributed by atoms with E-state index in [1.165, 1.54) is 20.4 Å². The van der Waals surface area contributed by atoms with Crippen molar-refractivity contribution in [1.29, 1.82) is 0 Å². The summed E-state index contributed by atoms with van der Waals surface area (Å²) < 4.78 is 15.8. The molecule has 0 spiro atoms. The van der Waals surface area contributed by atoms with Gasteiger partial charge in [-0.2, -0.15) is 5.10 Å². The van der Waals surface area contributed by atoms with E-state index < -0.39 is 0 Å². The molecule has 25 heavy (non-hydrogen) atoms. The van der Waals surface area contributed by atoms with Crippen LogP contribution in [0.15, 0.2) is 47.6 Å². The zero-order chi connectivity index (χ0) is 18.1. The summed E-state index contributed by atoms with van der Waals surface area (Å²) in [5, 5.41) is 6.96. The van der Waals surface area contributed by atoms with E-state index in [9.17, 15) is 4.79 Å². The second-order valence-corrected chi connectivity index (χ2v) is 4.96. The summed E-state index contributed by atoms with van der Waals surface area (Å²) >= 11 is 0. The molecule has 2 rings (SSSR count). The summed E-state index contributed by atoms with van der Waals surface area (Å²) in [6.45, 7) is 0.109. The highest BCUT2D eigenvalue weighted by Crippen LogP contribution is 2.32. The van der Waals surface area contributed by atoms with E-state index in [-0.39, 0.29) is 12.5 Å². The van der Waals surface area contributed by atoms with Gasteiger partial charge in [-0.25, -0.2) is 5.43 Å². The molecule has 0 bridgehead atoms. The van der Waals surface area contributed by atoms with E-state index in [1.807, 2.05) is 30.3 Å². The Hall–Kier alpha value is -3.22. The van der Waals surface area contributed by atoms with Crippen LogP contribution < -0.4 is 25.0 Å². The number of hydrazone groups is 1. The first-order chi connectivity index (χ1) is 12.2. The molecule has 7 nitrogen and oxygen atoms in total. The average molecular weight is 343 g/mol. The Morgan fingerprint density at radius 1 is 1.04 bits per heavy atom. The fourth-order valence-corrected chi connectivity index (χ4v) is 2.11. The van der Waals surface area contributed by atoms with Gasteiger partial charge in [0.2, 0.25) is 0 Å². The molecular weight excluding hydrogens is 322 g/mol. The minimum absolute atomic E-state index is 0.109. The van der Waals surface area contributed by atoms with Gasteiger partial charge < -0.3 is 19.5 Å². The first-order valence-electron chi connectivity index (χ1n) is 7.58. The molecule has 0 aliphatic heterocycles. The third-order valence-corrected chi connectivity index (χ3v) is 3.36. The average Bonchev–Trinajstić information content (AvgIpc) is 2.66. The summed E-state index contributed by atoms with van der Waals surface area (Å²) in [5.74, 6) is 1.38. The molecule has 0 unspecified atom stereocenters. The maximum absolute atomic E-state index is 11.8. The zero-order valence-corrected chi connectivity index (χ0v) is 14.4. The number of rotatable bonds is 8. The Bertz CT molecular complexity index is 707. The van der Waals surface area contributed by atoms with Crippen LogP contribution in [0.25, 0.3) is 0 Å². The summed E-state index contributed by atoms with van der Waals surface area (Å²) in [5.41, 5.74) is 3.92. The molecule has 0 heterocycles. The molecule has 7 heteroatoms. The number of anilines is 1. The third-order valence-electron chi connectivity index (χ3n) is 3.36. The Labute approximate surface area is 146 Å². The molecule has 0 saturated heterocycles. The number of para-hydroxylation sites is 1. The van der Waals surface area contributed by atoms with E-state index >= 15 is 0 Å². The number of nitrogens with one attached hydrogen (secondary N) is 2. The quantitative estimate of drug-likeness (QED) is 0.568. The number of carbonyl (C=O) groups excluding carboxylic acids is 1. The summed E-state index contributed by atoms with van der Waals surface area (Å²) in [4.78, 5) is 11.8. The maximum atomic E-state index is 11.8. The van der Waals surface area contributed by atoms with Crippen LogP contribution in [0.4, 0.5) is 5.69 Å². The van der Waals surface area contributed by atoms with Gasteiger partial charge >= 0.3 is 0 Å². The van der Waals surface area contributed by atoms with Crippen LogP contribution in [0.5, 0.6) is 17.2 Å². The monoisotopic (exact) mass is 343 g/mol. The molecule has 0 aromatic heterocycles. The van der Waals surface area contributed by atoms with Gasteiger partial charge in [0.15, 0.2) is 0 Å². The summed E-state index contributed by atoms with van der Waals surface area (Å²) in [6.07, 6.45) is 1.47. The van der Waals surface area contributed by atoms with Crippen molar-refractivity contribution in [3.63, 3.8) is 0 Å². The van der Waals surface area contributed by atoms with E-state index in [0.717, 1.165) is 5.69 Å². The first kappa shape index (κ1) is 18.1. The highest BCUT2D eigenvalue weighted by molar-refractivity contribution is 5.89. The largest absolute Gasteiger partial charge is 0.496 e. The van der Waals surface area contributed by atoms with Gasteiger partial charge in [-0.3, -0.25) is 4.79 Å². The molecule has 0 aliphatic carbocycles.